The van der Waals surface area contributed by atoms with E-state index in [0.29, 0.717) is 0 Å². The minimum Gasteiger partial charge on any atom is -0.385 e. The van der Waals surface area contributed by atoms with E-state index < -0.39 is 0 Å². The predicted molar refractivity (Wildman–Crippen MR) is 93.3 cm³/mol. The molecule has 120 valence electrons. The van der Waals surface area contributed by atoms with Gasteiger partial charge in [0.1, 0.15) is 0 Å². The van der Waals surface area contributed by atoms with Gasteiger partial charge in [0.05, 0.1) is 0 Å². The fourth-order valence-electron chi connectivity index (χ4n) is 2.29. The highest BCUT2D eigenvalue weighted by Gasteiger charge is 1.95. The molecule has 0 aromatic heterocycles. The van der Waals surface area contributed by atoms with Crippen molar-refractivity contribution in [2.24, 2.45) is 0 Å². The zero-order valence-corrected chi connectivity index (χ0v) is 13.8. The van der Waals surface area contributed by atoms with Crippen molar-refractivity contribution < 1.29 is 4.74 Å². The Morgan fingerprint density at radius 1 is 0.762 bits per heavy atom. The maximum absolute atomic E-state index is 5.03. The standard InChI is InChI=1S/C18H32N2O/c1-3-4-5-6-7-8-14-19-17-10-12-18(13-11-17)20-15-9-16-21-2/h10-13,19-20H,3-9,14-16H2,1-2H3. The van der Waals surface area contributed by atoms with Crippen molar-refractivity contribution in [1.29, 1.82) is 0 Å². The van der Waals surface area contributed by atoms with Gasteiger partial charge in [0.15, 0.2) is 0 Å². The highest BCUT2D eigenvalue weighted by Crippen LogP contribution is 2.14. The van der Waals surface area contributed by atoms with Crippen LogP contribution in [0, 0.1) is 0 Å². The second kappa shape index (κ2) is 12.5. The highest BCUT2D eigenvalue weighted by atomic mass is 16.5. The van der Waals surface area contributed by atoms with E-state index in [9.17, 15) is 0 Å². The van der Waals surface area contributed by atoms with Gasteiger partial charge in [0.25, 0.3) is 0 Å². The number of methoxy groups -OCH3 is 1. The summed E-state index contributed by atoms with van der Waals surface area (Å²) in [5.41, 5.74) is 2.39. The number of rotatable bonds is 13. The summed E-state index contributed by atoms with van der Waals surface area (Å²) in [6.07, 6.45) is 9.11. The number of hydrogen-bond acceptors (Lipinski definition) is 3. The summed E-state index contributed by atoms with van der Waals surface area (Å²) >= 11 is 0. The predicted octanol–water partition coefficient (Wildman–Crippen LogP) is 4.91. The van der Waals surface area contributed by atoms with Gasteiger partial charge in [-0.3, -0.25) is 0 Å². The maximum Gasteiger partial charge on any atom is 0.0479 e. The molecule has 0 saturated carbocycles. The molecule has 0 saturated heterocycles. The summed E-state index contributed by atoms with van der Waals surface area (Å²) in [5.74, 6) is 0. The second-order valence-corrected chi connectivity index (χ2v) is 5.55. The van der Waals surface area contributed by atoms with E-state index in [2.05, 4.69) is 41.8 Å². The molecule has 3 nitrogen and oxygen atoms in total. The van der Waals surface area contributed by atoms with Crippen LogP contribution in [0.25, 0.3) is 0 Å². The number of benzene rings is 1. The SMILES string of the molecule is CCCCCCCCNc1ccc(NCCCOC)cc1. The van der Waals surface area contributed by atoms with Crippen LogP contribution in [0.2, 0.25) is 0 Å². The molecule has 0 unspecified atom stereocenters. The first-order valence-electron chi connectivity index (χ1n) is 8.43. The number of hydrogen-bond donors (Lipinski definition) is 2. The molecule has 0 aliphatic rings. The van der Waals surface area contributed by atoms with E-state index >= 15 is 0 Å². The number of anilines is 2. The van der Waals surface area contributed by atoms with Gasteiger partial charge in [-0.15, -0.1) is 0 Å². The van der Waals surface area contributed by atoms with Crippen molar-refractivity contribution in [1.82, 2.24) is 0 Å². The molecule has 21 heavy (non-hydrogen) atoms. The Kier molecular flexibility index (Phi) is 10.6. The van der Waals surface area contributed by atoms with Gasteiger partial charge >= 0.3 is 0 Å². The number of unbranched alkanes of at least 4 members (excludes halogenated alkanes) is 5. The molecular formula is C18H32N2O. The summed E-state index contributed by atoms with van der Waals surface area (Å²) in [6.45, 7) is 5.10. The summed E-state index contributed by atoms with van der Waals surface area (Å²) in [6, 6.07) is 8.57. The minimum absolute atomic E-state index is 0.810. The lowest BCUT2D eigenvalue weighted by atomic mass is 10.1. The van der Waals surface area contributed by atoms with Crippen molar-refractivity contribution in [3.63, 3.8) is 0 Å². The second-order valence-electron chi connectivity index (χ2n) is 5.55. The Morgan fingerprint density at radius 3 is 1.86 bits per heavy atom. The third-order valence-electron chi connectivity index (χ3n) is 3.60. The van der Waals surface area contributed by atoms with Gasteiger partial charge in [0.2, 0.25) is 0 Å². The van der Waals surface area contributed by atoms with Crippen LogP contribution in [0.4, 0.5) is 11.4 Å². The Bertz CT molecular complexity index is 338. The van der Waals surface area contributed by atoms with E-state index in [1.807, 2.05) is 0 Å². The normalized spacial score (nSPS) is 10.6. The molecule has 0 amide bonds. The smallest absolute Gasteiger partial charge is 0.0479 e. The van der Waals surface area contributed by atoms with Crippen molar-refractivity contribution >= 4 is 11.4 Å². The molecule has 0 radical (unpaired) electrons. The van der Waals surface area contributed by atoms with Crippen molar-refractivity contribution in [3.8, 4) is 0 Å². The van der Waals surface area contributed by atoms with Gasteiger partial charge in [-0.05, 0) is 37.1 Å². The van der Waals surface area contributed by atoms with E-state index in [1.54, 1.807) is 7.11 Å². The molecule has 1 aromatic rings. The minimum atomic E-state index is 0.810. The van der Waals surface area contributed by atoms with Crippen LogP contribution < -0.4 is 10.6 Å². The van der Waals surface area contributed by atoms with Crippen LogP contribution in [-0.4, -0.2) is 26.8 Å². The fraction of sp³-hybridized carbons (Fsp3) is 0.667. The van der Waals surface area contributed by atoms with Crippen LogP contribution in [0.15, 0.2) is 24.3 Å². The van der Waals surface area contributed by atoms with Crippen molar-refractivity contribution in [3.05, 3.63) is 24.3 Å². The molecule has 0 bridgehead atoms. The highest BCUT2D eigenvalue weighted by molar-refractivity contribution is 5.53. The molecule has 0 aliphatic heterocycles. The molecule has 0 aliphatic carbocycles. The van der Waals surface area contributed by atoms with Gasteiger partial charge in [-0.25, -0.2) is 0 Å². The van der Waals surface area contributed by atoms with E-state index in [0.717, 1.165) is 26.1 Å². The lowest BCUT2D eigenvalue weighted by molar-refractivity contribution is 0.198. The zero-order chi connectivity index (χ0) is 15.2. The molecule has 0 atom stereocenters. The summed E-state index contributed by atoms with van der Waals surface area (Å²) < 4.78 is 5.03. The number of ether oxygens (including phenoxy) is 1. The van der Waals surface area contributed by atoms with Crippen LogP contribution in [0.1, 0.15) is 51.9 Å². The van der Waals surface area contributed by atoms with Crippen LogP contribution in [0.5, 0.6) is 0 Å². The molecule has 1 rings (SSSR count). The number of nitrogens with one attached hydrogen (secondary N) is 2. The molecule has 0 spiro atoms. The first-order valence-corrected chi connectivity index (χ1v) is 8.43. The molecule has 0 heterocycles. The van der Waals surface area contributed by atoms with Crippen LogP contribution >= 0.6 is 0 Å². The summed E-state index contributed by atoms with van der Waals surface area (Å²) in [5, 5.41) is 6.89. The van der Waals surface area contributed by atoms with E-state index in [1.165, 1.54) is 49.9 Å². The largest absolute Gasteiger partial charge is 0.385 e. The maximum atomic E-state index is 5.03. The Hall–Kier alpha value is -1.22. The zero-order valence-electron chi connectivity index (χ0n) is 13.8. The van der Waals surface area contributed by atoms with E-state index in [4.69, 9.17) is 4.74 Å². The Morgan fingerprint density at radius 2 is 1.29 bits per heavy atom. The first kappa shape index (κ1) is 17.8. The van der Waals surface area contributed by atoms with Gasteiger partial charge < -0.3 is 15.4 Å². The topological polar surface area (TPSA) is 33.3 Å². The third kappa shape index (κ3) is 9.35. The summed E-state index contributed by atoms with van der Waals surface area (Å²) in [7, 11) is 1.74. The van der Waals surface area contributed by atoms with Gasteiger partial charge in [-0.1, -0.05) is 39.0 Å². The summed E-state index contributed by atoms with van der Waals surface area (Å²) in [4.78, 5) is 0. The molecule has 1 aromatic carbocycles. The Labute approximate surface area is 130 Å². The van der Waals surface area contributed by atoms with E-state index in [-0.39, 0.29) is 0 Å². The average molecular weight is 292 g/mol. The monoisotopic (exact) mass is 292 g/mol. The van der Waals surface area contributed by atoms with Crippen LogP contribution in [0.3, 0.4) is 0 Å². The van der Waals surface area contributed by atoms with Gasteiger partial charge in [-0.2, -0.15) is 0 Å². The quantitative estimate of drug-likeness (QED) is 0.507. The third-order valence-corrected chi connectivity index (χ3v) is 3.60. The fourth-order valence-corrected chi connectivity index (χ4v) is 2.29. The first-order chi connectivity index (χ1) is 10.4. The Balaban J connectivity index is 2.07. The molecule has 0 fully saturated rings. The molecular weight excluding hydrogens is 260 g/mol. The molecule has 3 heteroatoms. The lowest BCUT2D eigenvalue weighted by Crippen LogP contribution is -2.05. The lowest BCUT2D eigenvalue weighted by Gasteiger charge is -2.09. The molecule has 2 N–H and O–H groups in total. The van der Waals surface area contributed by atoms with Gasteiger partial charge in [0, 0.05) is 38.2 Å². The van der Waals surface area contributed by atoms with Crippen LogP contribution in [-0.2, 0) is 4.74 Å². The van der Waals surface area contributed by atoms with Crippen molar-refractivity contribution in [2.45, 2.75) is 51.9 Å². The van der Waals surface area contributed by atoms with Crippen molar-refractivity contribution in [2.75, 3.05) is 37.4 Å². The average Bonchev–Trinajstić information content (AvgIpc) is 2.52.